The van der Waals surface area contributed by atoms with Crippen molar-refractivity contribution >= 4 is 11.4 Å². The smallest absolute Gasteiger partial charge is 0.313 e. The number of nitro benzene ring substituents is 1. The summed E-state index contributed by atoms with van der Waals surface area (Å²) < 4.78 is 18.8. The lowest BCUT2D eigenvalue weighted by molar-refractivity contribution is -0.385. The SMILES string of the molecule is COc1cc(N[C@H]2CCCC[C@@H]2O)c(F)cc1[N+](=O)[O-]. The number of nitrogens with zero attached hydrogens (tertiary/aromatic N) is 1. The molecule has 0 aromatic heterocycles. The molecule has 20 heavy (non-hydrogen) atoms. The van der Waals surface area contributed by atoms with Gasteiger partial charge < -0.3 is 15.2 Å². The van der Waals surface area contributed by atoms with Gasteiger partial charge in [0, 0.05) is 6.07 Å². The van der Waals surface area contributed by atoms with Crippen LogP contribution < -0.4 is 10.1 Å². The van der Waals surface area contributed by atoms with Crippen LogP contribution in [0.25, 0.3) is 0 Å². The summed E-state index contributed by atoms with van der Waals surface area (Å²) in [5.74, 6) is -0.737. The Balaban J connectivity index is 2.25. The predicted octanol–water partition coefficient (Wildman–Crippen LogP) is 2.46. The molecule has 6 nitrogen and oxygen atoms in total. The van der Waals surface area contributed by atoms with Crippen molar-refractivity contribution in [3.05, 3.63) is 28.1 Å². The number of aliphatic hydroxyl groups is 1. The Labute approximate surface area is 115 Å². The maximum Gasteiger partial charge on any atom is 0.313 e. The number of halogens is 1. The molecule has 7 heteroatoms. The maximum atomic E-state index is 13.9. The Bertz CT molecular complexity index is 509. The third kappa shape index (κ3) is 2.98. The highest BCUT2D eigenvalue weighted by Gasteiger charge is 2.25. The highest BCUT2D eigenvalue weighted by molar-refractivity contribution is 5.59. The number of nitro groups is 1. The molecule has 0 spiro atoms. The molecule has 1 aromatic carbocycles. The molecule has 0 bridgehead atoms. The average Bonchev–Trinajstić information content (AvgIpc) is 2.42. The summed E-state index contributed by atoms with van der Waals surface area (Å²) in [7, 11) is 1.29. The van der Waals surface area contributed by atoms with E-state index < -0.39 is 22.5 Å². The number of nitrogens with one attached hydrogen (secondary N) is 1. The molecule has 1 saturated carbocycles. The highest BCUT2D eigenvalue weighted by Crippen LogP contribution is 2.33. The number of benzene rings is 1. The summed E-state index contributed by atoms with van der Waals surface area (Å²) >= 11 is 0. The van der Waals surface area contributed by atoms with Crippen molar-refractivity contribution in [1.82, 2.24) is 0 Å². The van der Waals surface area contributed by atoms with Gasteiger partial charge in [-0.15, -0.1) is 0 Å². The molecule has 0 unspecified atom stereocenters. The van der Waals surface area contributed by atoms with Crippen molar-refractivity contribution in [3.8, 4) is 5.75 Å². The molecular weight excluding hydrogens is 267 g/mol. The zero-order valence-electron chi connectivity index (χ0n) is 11.1. The number of rotatable bonds is 4. The standard InChI is InChI=1S/C13H17FN2O4/c1-20-13-7-10(8(14)6-11(13)16(18)19)15-9-4-2-3-5-12(9)17/h6-7,9,12,15,17H,2-5H2,1H3/t9-,12-/m0/s1. The molecule has 1 aromatic rings. The van der Waals surface area contributed by atoms with Gasteiger partial charge in [-0.25, -0.2) is 4.39 Å². The van der Waals surface area contributed by atoms with Crippen molar-refractivity contribution in [2.24, 2.45) is 0 Å². The number of anilines is 1. The first kappa shape index (κ1) is 14.5. The van der Waals surface area contributed by atoms with E-state index >= 15 is 0 Å². The Morgan fingerprint density at radius 2 is 2.15 bits per heavy atom. The van der Waals surface area contributed by atoms with Gasteiger partial charge in [0.1, 0.15) is 0 Å². The van der Waals surface area contributed by atoms with E-state index in [0.717, 1.165) is 25.3 Å². The van der Waals surface area contributed by atoms with E-state index in [0.29, 0.717) is 6.42 Å². The number of hydrogen-bond donors (Lipinski definition) is 2. The van der Waals surface area contributed by atoms with Crippen LogP contribution in [0, 0.1) is 15.9 Å². The summed E-state index contributed by atoms with van der Waals surface area (Å²) in [6.07, 6.45) is 2.78. The maximum absolute atomic E-state index is 13.9. The molecule has 0 saturated heterocycles. The second-order valence-corrected chi connectivity index (χ2v) is 4.86. The van der Waals surface area contributed by atoms with E-state index in [9.17, 15) is 19.6 Å². The van der Waals surface area contributed by atoms with E-state index in [1.165, 1.54) is 13.2 Å². The first-order valence-electron chi connectivity index (χ1n) is 6.49. The number of ether oxygens (including phenoxy) is 1. The van der Waals surface area contributed by atoms with Crippen molar-refractivity contribution in [2.75, 3.05) is 12.4 Å². The van der Waals surface area contributed by atoms with E-state index in [1.54, 1.807) is 0 Å². The van der Waals surface area contributed by atoms with Crippen molar-refractivity contribution in [1.29, 1.82) is 0 Å². The van der Waals surface area contributed by atoms with Crippen molar-refractivity contribution in [3.63, 3.8) is 0 Å². The number of aliphatic hydroxyl groups excluding tert-OH is 1. The van der Waals surface area contributed by atoms with Crippen LogP contribution in [0.2, 0.25) is 0 Å². The first-order valence-corrected chi connectivity index (χ1v) is 6.49. The zero-order chi connectivity index (χ0) is 14.7. The van der Waals surface area contributed by atoms with Gasteiger partial charge in [-0.2, -0.15) is 0 Å². The van der Waals surface area contributed by atoms with Crippen LogP contribution in [0.15, 0.2) is 12.1 Å². The number of methoxy groups -OCH3 is 1. The van der Waals surface area contributed by atoms with Crippen LogP contribution in [0.5, 0.6) is 5.75 Å². The molecule has 0 amide bonds. The molecular formula is C13H17FN2O4. The van der Waals surface area contributed by atoms with Crippen LogP contribution in [-0.2, 0) is 0 Å². The van der Waals surface area contributed by atoms with Crippen LogP contribution >= 0.6 is 0 Å². The average molecular weight is 284 g/mol. The molecule has 110 valence electrons. The molecule has 1 aliphatic carbocycles. The van der Waals surface area contributed by atoms with Gasteiger partial charge >= 0.3 is 5.69 Å². The third-order valence-electron chi connectivity index (χ3n) is 3.54. The van der Waals surface area contributed by atoms with E-state index in [1.807, 2.05) is 0 Å². The van der Waals surface area contributed by atoms with E-state index in [2.05, 4.69) is 5.32 Å². The van der Waals surface area contributed by atoms with Gasteiger partial charge in [0.2, 0.25) is 0 Å². The summed E-state index contributed by atoms with van der Waals surface area (Å²) in [5.41, 5.74) is -0.307. The monoisotopic (exact) mass is 284 g/mol. The Hall–Kier alpha value is -1.89. The van der Waals surface area contributed by atoms with Crippen LogP contribution in [0.4, 0.5) is 15.8 Å². The lowest BCUT2D eigenvalue weighted by atomic mass is 9.92. The molecule has 2 rings (SSSR count). The van der Waals surface area contributed by atoms with E-state index in [4.69, 9.17) is 4.74 Å². The molecule has 0 aliphatic heterocycles. The molecule has 1 fully saturated rings. The Kier molecular flexibility index (Phi) is 4.39. The molecule has 2 N–H and O–H groups in total. The number of hydrogen-bond acceptors (Lipinski definition) is 5. The fraction of sp³-hybridized carbons (Fsp3) is 0.538. The van der Waals surface area contributed by atoms with E-state index in [-0.39, 0.29) is 17.5 Å². The molecule has 2 atom stereocenters. The minimum Gasteiger partial charge on any atom is -0.490 e. The minimum atomic E-state index is -0.727. The van der Waals surface area contributed by atoms with Crippen LogP contribution in [-0.4, -0.2) is 29.3 Å². The summed E-state index contributed by atoms with van der Waals surface area (Å²) in [4.78, 5) is 10.1. The minimum absolute atomic E-state index is 0.0100. The second kappa shape index (κ2) is 6.04. The summed E-state index contributed by atoms with van der Waals surface area (Å²) in [6, 6.07) is 1.84. The zero-order valence-corrected chi connectivity index (χ0v) is 11.1. The molecule has 0 heterocycles. The fourth-order valence-electron chi connectivity index (χ4n) is 2.44. The van der Waals surface area contributed by atoms with Gasteiger partial charge in [-0.05, 0) is 12.8 Å². The second-order valence-electron chi connectivity index (χ2n) is 4.86. The highest BCUT2D eigenvalue weighted by atomic mass is 19.1. The van der Waals surface area contributed by atoms with Crippen molar-refractivity contribution in [2.45, 2.75) is 37.8 Å². The van der Waals surface area contributed by atoms with Crippen LogP contribution in [0.3, 0.4) is 0 Å². The summed E-state index contributed by atoms with van der Waals surface area (Å²) in [5, 5.41) is 23.6. The lowest BCUT2D eigenvalue weighted by Crippen LogP contribution is -2.36. The largest absolute Gasteiger partial charge is 0.490 e. The molecule has 0 radical (unpaired) electrons. The topological polar surface area (TPSA) is 84.6 Å². The Morgan fingerprint density at radius 1 is 1.45 bits per heavy atom. The van der Waals surface area contributed by atoms with Gasteiger partial charge in [0.05, 0.1) is 35.9 Å². The first-order chi connectivity index (χ1) is 9.52. The third-order valence-corrected chi connectivity index (χ3v) is 3.54. The predicted molar refractivity (Wildman–Crippen MR) is 71.5 cm³/mol. The van der Waals surface area contributed by atoms with Gasteiger partial charge in [-0.1, -0.05) is 12.8 Å². The van der Waals surface area contributed by atoms with Crippen molar-refractivity contribution < 1.29 is 19.2 Å². The fourth-order valence-corrected chi connectivity index (χ4v) is 2.44. The Morgan fingerprint density at radius 3 is 2.75 bits per heavy atom. The van der Waals surface area contributed by atoms with Crippen LogP contribution in [0.1, 0.15) is 25.7 Å². The lowest BCUT2D eigenvalue weighted by Gasteiger charge is -2.29. The quantitative estimate of drug-likeness (QED) is 0.655. The van der Waals surface area contributed by atoms with Gasteiger partial charge in [0.15, 0.2) is 11.6 Å². The summed E-state index contributed by atoms with van der Waals surface area (Å²) in [6.45, 7) is 0. The normalized spacial score (nSPS) is 22.4. The van der Waals surface area contributed by atoms with Gasteiger partial charge in [0.25, 0.3) is 0 Å². The molecule has 1 aliphatic rings. The van der Waals surface area contributed by atoms with Gasteiger partial charge in [-0.3, -0.25) is 10.1 Å².